The summed E-state index contributed by atoms with van der Waals surface area (Å²) in [6.07, 6.45) is 6.48. The highest BCUT2D eigenvalue weighted by Gasteiger charge is 2.19. The SMILES string of the molecule is c1ccc2c(NC3CCCCC3)nc(N3CCOCC3)nc2c1. The van der Waals surface area contributed by atoms with Crippen molar-refractivity contribution in [1.82, 2.24) is 9.97 Å². The van der Waals surface area contributed by atoms with Gasteiger partial charge >= 0.3 is 0 Å². The van der Waals surface area contributed by atoms with Crippen LogP contribution in [0.25, 0.3) is 10.9 Å². The molecule has 0 atom stereocenters. The minimum absolute atomic E-state index is 0.541. The van der Waals surface area contributed by atoms with E-state index >= 15 is 0 Å². The number of hydrogen-bond acceptors (Lipinski definition) is 5. The summed E-state index contributed by atoms with van der Waals surface area (Å²) < 4.78 is 5.45. The van der Waals surface area contributed by atoms with Crippen molar-refractivity contribution >= 4 is 22.7 Å². The molecule has 5 nitrogen and oxygen atoms in total. The molecule has 1 aromatic carbocycles. The van der Waals surface area contributed by atoms with Crippen molar-refractivity contribution in [2.24, 2.45) is 0 Å². The van der Waals surface area contributed by atoms with Gasteiger partial charge in [0.05, 0.1) is 18.7 Å². The van der Waals surface area contributed by atoms with E-state index in [0.717, 1.165) is 49.0 Å². The van der Waals surface area contributed by atoms with E-state index in [1.165, 1.54) is 32.1 Å². The summed E-state index contributed by atoms with van der Waals surface area (Å²) in [5.41, 5.74) is 1.02. The van der Waals surface area contributed by atoms with E-state index in [9.17, 15) is 0 Å². The Balaban J connectivity index is 1.68. The van der Waals surface area contributed by atoms with E-state index in [2.05, 4.69) is 28.4 Å². The van der Waals surface area contributed by atoms with Crippen molar-refractivity contribution in [2.45, 2.75) is 38.1 Å². The molecule has 0 radical (unpaired) electrons. The van der Waals surface area contributed by atoms with Crippen LogP contribution in [0.3, 0.4) is 0 Å². The molecule has 2 aliphatic rings. The number of benzene rings is 1. The van der Waals surface area contributed by atoms with Gasteiger partial charge in [0.1, 0.15) is 5.82 Å². The van der Waals surface area contributed by atoms with Crippen LogP contribution in [0.2, 0.25) is 0 Å². The Bertz CT molecular complexity index is 663. The van der Waals surface area contributed by atoms with Gasteiger partial charge in [-0.15, -0.1) is 0 Å². The molecule has 2 fully saturated rings. The lowest BCUT2D eigenvalue weighted by atomic mass is 9.95. The largest absolute Gasteiger partial charge is 0.378 e. The molecule has 1 aliphatic carbocycles. The Hall–Kier alpha value is -1.88. The molecule has 122 valence electrons. The van der Waals surface area contributed by atoms with Gasteiger partial charge in [-0.2, -0.15) is 4.98 Å². The number of ether oxygens (including phenoxy) is 1. The van der Waals surface area contributed by atoms with Crippen molar-refractivity contribution in [2.75, 3.05) is 36.5 Å². The molecule has 0 spiro atoms. The molecule has 1 N–H and O–H groups in total. The first kappa shape index (κ1) is 14.7. The lowest BCUT2D eigenvalue weighted by Crippen LogP contribution is -2.37. The van der Waals surface area contributed by atoms with Gasteiger partial charge in [-0.3, -0.25) is 0 Å². The van der Waals surface area contributed by atoms with Gasteiger partial charge in [0.2, 0.25) is 5.95 Å². The zero-order valence-electron chi connectivity index (χ0n) is 13.5. The summed E-state index contributed by atoms with van der Waals surface area (Å²) in [5, 5.41) is 4.81. The molecule has 0 amide bonds. The monoisotopic (exact) mass is 312 g/mol. The second-order valence-corrected chi connectivity index (χ2v) is 6.47. The number of nitrogens with zero attached hydrogens (tertiary/aromatic N) is 3. The molecule has 23 heavy (non-hydrogen) atoms. The van der Waals surface area contributed by atoms with Crippen LogP contribution < -0.4 is 10.2 Å². The van der Waals surface area contributed by atoms with Gasteiger partial charge in [0, 0.05) is 24.5 Å². The van der Waals surface area contributed by atoms with Crippen molar-refractivity contribution in [1.29, 1.82) is 0 Å². The number of morpholine rings is 1. The summed E-state index contributed by atoms with van der Waals surface area (Å²) in [7, 11) is 0. The molecule has 2 aromatic rings. The third-order valence-electron chi connectivity index (χ3n) is 4.83. The highest BCUT2D eigenvalue weighted by atomic mass is 16.5. The van der Waals surface area contributed by atoms with Crippen LogP contribution in [0, 0.1) is 0 Å². The summed E-state index contributed by atoms with van der Waals surface area (Å²) in [4.78, 5) is 11.9. The van der Waals surface area contributed by atoms with Crippen LogP contribution in [0.5, 0.6) is 0 Å². The molecule has 1 saturated carbocycles. The second kappa shape index (κ2) is 6.71. The average molecular weight is 312 g/mol. The third-order valence-corrected chi connectivity index (χ3v) is 4.83. The Morgan fingerprint density at radius 3 is 2.61 bits per heavy atom. The average Bonchev–Trinajstić information content (AvgIpc) is 2.63. The minimum atomic E-state index is 0.541. The van der Waals surface area contributed by atoms with Crippen LogP contribution in [0.4, 0.5) is 11.8 Å². The smallest absolute Gasteiger partial charge is 0.228 e. The molecule has 5 heteroatoms. The first-order valence-corrected chi connectivity index (χ1v) is 8.76. The fourth-order valence-corrected chi connectivity index (χ4v) is 3.52. The Morgan fingerprint density at radius 2 is 1.78 bits per heavy atom. The van der Waals surface area contributed by atoms with Gasteiger partial charge in [0.15, 0.2) is 0 Å². The van der Waals surface area contributed by atoms with Gasteiger partial charge in [-0.05, 0) is 25.0 Å². The summed E-state index contributed by atoms with van der Waals surface area (Å²) in [6.45, 7) is 3.23. The van der Waals surface area contributed by atoms with Crippen molar-refractivity contribution < 1.29 is 4.74 Å². The van der Waals surface area contributed by atoms with Gasteiger partial charge in [0.25, 0.3) is 0 Å². The van der Waals surface area contributed by atoms with Crippen molar-refractivity contribution in [3.8, 4) is 0 Å². The maximum absolute atomic E-state index is 5.45. The number of para-hydroxylation sites is 1. The lowest BCUT2D eigenvalue weighted by Gasteiger charge is -2.28. The Kier molecular flexibility index (Phi) is 4.28. The number of anilines is 2. The molecule has 1 aromatic heterocycles. The van der Waals surface area contributed by atoms with Crippen LogP contribution in [0.1, 0.15) is 32.1 Å². The van der Waals surface area contributed by atoms with E-state index in [-0.39, 0.29) is 0 Å². The van der Waals surface area contributed by atoms with Crippen molar-refractivity contribution in [3.05, 3.63) is 24.3 Å². The first-order chi connectivity index (χ1) is 11.4. The number of rotatable bonds is 3. The third kappa shape index (κ3) is 3.24. The minimum Gasteiger partial charge on any atom is -0.378 e. The van der Waals surface area contributed by atoms with E-state index in [1.807, 2.05) is 6.07 Å². The molecule has 1 aliphatic heterocycles. The number of hydrogen-bond donors (Lipinski definition) is 1. The van der Waals surface area contributed by atoms with Crippen molar-refractivity contribution in [3.63, 3.8) is 0 Å². The normalized spacial score (nSPS) is 19.9. The highest BCUT2D eigenvalue weighted by molar-refractivity contribution is 5.90. The number of fused-ring (bicyclic) bond motifs is 1. The summed E-state index contributed by atoms with van der Waals surface area (Å²) in [6, 6.07) is 8.84. The van der Waals surface area contributed by atoms with Crippen LogP contribution >= 0.6 is 0 Å². The Morgan fingerprint density at radius 1 is 1.00 bits per heavy atom. The molecule has 0 unspecified atom stereocenters. The van der Waals surface area contributed by atoms with Crippen LogP contribution in [0.15, 0.2) is 24.3 Å². The lowest BCUT2D eigenvalue weighted by molar-refractivity contribution is 0.122. The molecular weight excluding hydrogens is 288 g/mol. The van der Waals surface area contributed by atoms with Crippen LogP contribution in [-0.4, -0.2) is 42.3 Å². The van der Waals surface area contributed by atoms with E-state index in [1.54, 1.807) is 0 Å². The second-order valence-electron chi connectivity index (χ2n) is 6.47. The fourth-order valence-electron chi connectivity index (χ4n) is 3.52. The first-order valence-electron chi connectivity index (χ1n) is 8.76. The van der Waals surface area contributed by atoms with E-state index < -0.39 is 0 Å². The number of aromatic nitrogens is 2. The maximum Gasteiger partial charge on any atom is 0.228 e. The molecule has 4 rings (SSSR count). The predicted octanol–water partition coefficient (Wildman–Crippen LogP) is 3.21. The van der Waals surface area contributed by atoms with Crippen LogP contribution in [-0.2, 0) is 4.74 Å². The molecule has 1 saturated heterocycles. The van der Waals surface area contributed by atoms with Gasteiger partial charge in [-0.1, -0.05) is 31.4 Å². The summed E-state index contributed by atoms with van der Waals surface area (Å²) >= 11 is 0. The van der Waals surface area contributed by atoms with E-state index in [4.69, 9.17) is 14.7 Å². The zero-order chi connectivity index (χ0) is 15.5. The predicted molar refractivity (Wildman–Crippen MR) is 93.1 cm³/mol. The van der Waals surface area contributed by atoms with Gasteiger partial charge in [-0.25, -0.2) is 4.98 Å². The molecule has 0 bridgehead atoms. The quantitative estimate of drug-likeness (QED) is 0.943. The maximum atomic E-state index is 5.45. The standard InChI is InChI=1S/C18H24N4O/c1-2-6-14(7-3-1)19-17-15-8-4-5-9-16(15)20-18(21-17)22-10-12-23-13-11-22/h4-5,8-9,14H,1-3,6-7,10-13H2,(H,19,20,21). The van der Waals surface area contributed by atoms with Gasteiger partial charge < -0.3 is 15.0 Å². The van der Waals surface area contributed by atoms with E-state index in [0.29, 0.717) is 6.04 Å². The molecule has 2 heterocycles. The number of nitrogens with one attached hydrogen (secondary N) is 1. The fraction of sp³-hybridized carbons (Fsp3) is 0.556. The summed E-state index contributed by atoms with van der Waals surface area (Å²) in [5.74, 6) is 1.81. The Labute approximate surface area is 137 Å². The highest BCUT2D eigenvalue weighted by Crippen LogP contribution is 2.27. The molecular formula is C18H24N4O. The zero-order valence-corrected chi connectivity index (χ0v) is 13.5. The topological polar surface area (TPSA) is 50.3 Å².